The maximum atomic E-state index is 12.8. The number of amides is 1. The Labute approximate surface area is 127 Å². The molecule has 108 valence electrons. The largest absolute Gasteiger partial charge is 0.383 e. The quantitative estimate of drug-likeness (QED) is 0.761. The van der Waals surface area contributed by atoms with Crippen LogP contribution < -0.4 is 10.6 Å². The van der Waals surface area contributed by atoms with Crippen molar-refractivity contribution in [2.24, 2.45) is 0 Å². The van der Waals surface area contributed by atoms with Crippen LogP contribution in [0.5, 0.6) is 0 Å². The van der Waals surface area contributed by atoms with Crippen LogP contribution in [0.25, 0.3) is 10.9 Å². The number of hydrogen-bond acceptors (Lipinski definition) is 4. The lowest BCUT2D eigenvalue weighted by Crippen LogP contribution is -2.15. The van der Waals surface area contributed by atoms with Gasteiger partial charge in [-0.05, 0) is 18.2 Å². The number of carbonyl (C=O) groups is 1. The first-order chi connectivity index (χ1) is 10.8. The summed E-state index contributed by atoms with van der Waals surface area (Å²) in [5.41, 5.74) is 3.98. The van der Waals surface area contributed by atoms with Crippen molar-refractivity contribution in [3.8, 4) is 0 Å². The average Bonchev–Trinajstić information content (AvgIpc) is 3.01. The van der Waals surface area contributed by atoms with Crippen molar-refractivity contribution in [2.75, 3.05) is 17.2 Å². The molecule has 1 aliphatic heterocycles. The molecular formula is C17H14N4O. The van der Waals surface area contributed by atoms with Gasteiger partial charge in [0.05, 0.1) is 34.3 Å². The minimum atomic E-state index is -0.141. The Morgan fingerprint density at radius 2 is 2.09 bits per heavy atom. The number of aromatic nitrogens is 2. The zero-order valence-corrected chi connectivity index (χ0v) is 11.8. The predicted molar refractivity (Wildman–Crippen MR) is 86.1 cm³/mol. The van der Waals surface area contributed by atoms with Crippen molar-refractivity contribution in [2.45, 2.75) is 6.42 Å². The molecule has 1 amide bonds. The number of anilines is 2. The number of nitrogens with one attached hydrogen (secondary N) is 2. The van der Waals surface area contributed by atoms with Gasteiger partial charge in [-0.15, -0.1) is 0 Å². The number of pyridine rings is 2. The van der Waals surface area contributed by atoms with Crippen LogP contribution in [0.15, 0.2) is 48.8 Å². The van der Waals surface area contributed by atoms with E-state index >= 15 is 0 Å². The summed E-state index contributed by atoms with van der Waals surface area (Å²) in [4.78, 5) is 21.5. The fourth-order valence-corrected chi connectivity index (χ4v) is 2.81. The van der Waals surface area contributed by atoms with Gasteiger partial charge in [-0.2, -0.15) is 0 Å². The molecule has 0 saturated carbocycles. The maximum Gasteiger partial charge on any atom is 0.258 e. The molecule has 22 heavy (non-hydrogen) atoms. The lowest BCUT2D eigenvalue weighted by atomic mass is 10.0. The van der Waals surface area contributed by atoms with Gasteiger partial charge in [0.25, 0.3) is 5.91 Å². The fourth-order valence-electron chi connectivity index (χ4n) is 2.81. The number of carbonyl (C=O) groups excluding carboxylic acids is 1. The van der Waals surface area contributed by atoms with E-state index in [1.54, 1.807) is 18.5 Å². The number of benzene rings is 1. The third-order valence-electron chi connectivity index (χ3n) is 3.78. The molecule has 2 aromatic heterocycles. The van der Waals surface area contributed by atoms with E-state index in [4.69, 9.17) is 0 Å². The summed E-state index contributed by atoms with van der Waals surface area (Å²) in [6, 6.07) is 11.3. The highest BCUT2D eigenvalue weighted by atomic mass is 16.1. The molecule has 0 aliphatic carbocycles. The van der Waals surface area contributed by atoms with Crippen LogP contribution in [0.2, 0.25) is 0 Å². The molecule has 1 aromatic carbocycles. The molecule has 0 fully saturated rings. The van der Waals surface area contributed by atoms with Crippen molar-refractivity contribution in [1.82, 2.24) is 9.97 Å². The first kappa shape index (κ1) is 12.8. The van der Waals surface area contributed by atoms with E-state index in [0.29, 0.717) is 11.3 Å². The number of rotatable bonds is 2. The van der Waals surface area contributed by atoms with Gasteiger partial charge in [0.15, 0.2) is 0 Å². The second-order valence-corrected chi connectivity index (χ2v) is 5.20. The Morgan fingerprint density at radius 1 is 1.18 bits per heavy atom. The average molecular weight is 290 g/mol. The Morgan fingerprint density at radius 3 is 2.95 bits per heavy atom. The summed E-state index contributed by atoms with van der Waals surface area (Å²) in [5.74, 6) is -0.141. The third-order valence-corrected chi connectivity index (χ3v) is 3.78. The Kier molecular flexibility index (Phi) is 2.96. The van der Waals surface area contributed by atoms with Crippen molar-refractivity contribution in [3.05, 3.63) is 60.0 Å². The highest BCUT2D eigenvalue weighted by Crippen LogP contribution is 2.31. The minimum Gasteiger partial charge on any atom is -0.383 e. The molecule has 5 heteroatoms. The monoisotopic (exact) mass is 290 g/mol. The lowest BCUT2D eigenvalue weighted by molar-refractivity contribution is 0.102. The molecule has 0 bridgehead atoms. The molecular weight excluding hydrogens is 276 g/mol. The SMILES string of the molecule is O=C(Nc1cccnc1)c1c2c(nc3ccccc13)CCN2. The van der Waals surface area contributed by atoms with Gasteiger partial charge in [-0.25, -0.2) is 0 Å². The number of fused-ring (bicyclic) bond motifs is 2. The molecule has 0 unspecified atom stereocenters. The van der Waals surface area contributed by atoms with E-state index in [1.165, 1.54) is 0 Å². The van der Waals surface area contributed by atoms with Gasteiger partial charge < -0.3 is 10.6 Å². The smallest absolute Gasteiger partial charge is 0.258 e. The molecule has 0 atom stereocenters. The molecule has 0 saturated heterocycles. The van der Waals surface area contributed by atoms with Crippen LogP contribution in [-0.4, -0.2) is 22.4 Å². The van der Waals surface area contributed by atoms with Crippen LogP contribution in [-0.2, 0) is 6.42 Å². The Balaban J connectivity index is 1.85. The number of hydrogen-bond donors (Lipinski definition) is 2. The fraction of sp³-hybridized carbons (Fsp3) is 0.118. The van der Waals surface area contributed by atoms with Gasteiger partial charge in [0, 0.05) is 24.5 Å². The molecule has 5 nitrogen and oxygen atoms in total. The van der Waals surface area contributed by atoms with Gasteiger partial charge in [-0.3, -0.25) is 14.8 Å². The standard InChI is InChI=1S/C17H14N4O/c22-17(20-11-4-3-8-18-10-11)15-12-5-1-2-6-13(12)21-14-7-9-19-16(14)15/h1-6,8,10,19H,7,9H2,(H,20,22). The molecule has 0 radical (unpaired) electrons. The van der Waals surface area contributed by atoms with E-state index in [0.717, 1.165) is 35.2 Å². The van der Waals surface area contributed by atoms with Crippen LogP contribution in [0.1, 0.15) is 16.1 Å². The molecule has 3 heterocycles. The van der Waals surface area contributed by atoms with Crippen molar-refractivity contribution in [1.29, 1.82) is 0 Å². The first-order valence-electron chi connectivity index (χ1n) is 7.20. The normalized spacial score (nSPS) is 12.7. The van der Waals surface area contributed by atoms with Crippen LogP contribution >= 0.6 is 0 Å². The molecule has 1 aliphatic rings. The minimum absolute atomic E-state index is 0.141. The van der Waals surface area contributed by atoms with E-state index in [2.05, 4.69) is 20.6 Å². The molecule has 3 aromatic rings. The van der Waals surface area contributed by atoms with E-state index < -0.39 is 0 Å². The number of nitrogens with zero attached hydrogens (tertiary/aromatic N) is 2. The highest BCUT2D eigenvalue weighted by molar-refractivity contribution is 6.16. The summed E-state index contributed by atoms with van der Waals surface area (Å²) >= 11 is 0. The van der Waals surface area contributed by atoms with E-state index in [9.17, 15) is 4.79 Å². The topological polar surface area (TPSA) is 66.9 Å². The van der Waals surface area contributed by atoms with Crippen molar-refractivity contribution in [3.63, 3.8) is 0 Å². The zero-order chi connectivity index (χ0) is 14.9. The van der Waals surface area contributed by atoms with Crippen LogP contribution in [0.4, 0.5) is 11.4 Å². The Bertz CT molecular complexity index is 861. The lowest BCUT2D eigenvalue weighted by Gasteiger charge is -2.12. The van der Waals surface area contributed by atoms with Gasteiger partial charge >= 0.3 is 0 Å². The second-order valence-electron chi connectivity index (χ2n) is 5.20. The third kappa shape index (κ3) is 2.07. The predicted octanol–water partition coefficient (Wildman–Crippen LogP) is 2.85. The Hall–Kier alpha value is -2.95. The summed E-state index contributed by atoms with van der Waals surface area (Å²) in [5, 5.41) is 7.06. The molecule has 4 rings (SSSR count). The van der Waals surface area contributed by atoms with E-state index in [1.807, 2.05) is 30.3 Å². The molecule has 2 N–H and O–H groups in total. The van der Waals surface area contributed by atoms with Gasteiger partial charge in [-0.1, -0.05) is 18.2 Å². The van der Waals surface area contributed by atoms with Crippen molar-refractivity contribution >= 4 is 28.2 Å². The maximum absolute atomic E-state index is 12.8. The molecule has 0 spiro atoms. The van der Waals surface area contributed by atoms with Gasteiger partial charge in [0.1, 0.15) is 0 Å². The number of para-hydroxylation sites is 1. The van der Waals surface area contributed by atoms with Crippen LogP contribution in [0, 0.1) is 0 Å². The summed E-state index contributed by atoms with van der Waals surface area (Å²) in [7, 11) is 0. The van der Waals surface area contributed by atoms with Crippen LogP contribution in [0.3, 0.4) is 0 Å². The van der Waals surface area contributed by atoms with Crippen molar-refractivity contribution < 1.29 is 4.79 Å². The first-order valence-corrected chi connectivity index (χ1v) is 7.20. The second kappa shape index (κ2) is 5.11. The summed E-state index contributed by atoms with van der Waals surface area (Å²) in [6.45, 7) is 0.811. The van der Waals surface area contributed by atoms with E-state index in [-0.39, 0.29) is 5.91 Å². The zero-order valence-electron chi connectivity index (χ0n) is 11.8. The van der Waals surface area contributed by atoms with Gasteiger partial charge in [0.2, 0.25) is 0 Å². The summed E-state index contributed by atoms with van der Waals surface area (Å²) in [6.07, 6.45) is 4.15. The summed E-state index contributed by atoms with van der Waals surface area (Å²) < 4.78 is 0. The highest BCUT2D eigenvalue weighted by Gasteiger charge is 2.23.